The van der Waals surface area contributed by atoms with Gasteiger partial charge in [0.2, 0.25) is 0 Å². The predicted octanol–water partition coefficient (Wildman–Crippen LogP) is 0.0448. The number of hydrogen-bond donors (Lipinski definition) is 1. The van der Waals surface area contributed by atoms with Crippen molar-refractivity contribution < 1.29 is 8.76 Å². The number of nitrogens with two attached hydrogens (primary N) is 1. The molecule has 1 atom stereocenters. The fourth-order valence-corrected chi connectivity index (χ4v) is 0.136. The highest BCUT2D eigenvalue weighted by atomic mass is 32.2. The third-order valence-electron chi connectivity index (χ3n) is 0.582. The molecule has 4 nitrogen and oxygen atoms in total. The second-order valence-electron chi connectivity index (χ2n) is 1.38. The fourth-order valence-electron chi connectivity index (χ4n) is 0.136. The monoisotopic (exact) mass is 177 g/mol. The molecule has 1 unspecified atom stereocenters. The minimum atomic E-state index is -1.82. The first-order valence-electron chi connectivity index (χ1n) is 3.03. The van der Waals surface area contributed by atoms with Gasteiger partial charge < -0.3 is 10.3 Å². The van der Waals surface area contributed by atoms with Gasteiger partial charge in [-0.3, -0.25) is 9.20 Å². The van der Waals surface area contributed by atoms with Gasteiger partial charge >= 0.3 is 0 Å². The lowest BCUT2D eigenvalue weighted by atomic mass is 10.7. The van der Waals surface area contributed by atoms with Crippen molar-refractivity contribution in [3.63, 3.8) is 0 Å². The van der Waals surface area contributed by atoms with Gasteiger partial charge in [-0.25, -0.2) is 0 Å². The third kappa shape index (κ3) is 26.8. The maximum atomic E-state index is 9.37. The van der Waals surface area contributed by atoms with Gasteiger partial charge in [0.25, 0.3) is 0 Å². The average Bonchev–Trinajstić information content (AvgIpc) is 2.02. The van der Waals surface area contributed by atoms with Crippen LogP contribution in [-0.2, 0) is 11.1 Å². The zero-order chi connectivity index (χ0) is 9.11. The molecule has 0 spiro atoms. The van der Waals surface area contributed by atoms with Crippen molar-refractivity contribution >= 4 is 17.3 Å². The highest BCUT2D eigenvalue weighted by molar-refractivity contribution is 7.79. The molecule has 0 radical (unpaired) electrons. The van der Waals surface area contributed by atoms with Gasteiger partial charge in [0.05, 0.1) is 0 Å². The molecule has 0 amide bonds. The minimum Gasteiger partial charge on any atom is -0.772 e. The Kier molecular flexibility index (Phi) is 14.2. The molecule has 2 N–H and O–H groups in total. The number of aliphatic imine (C=N–C) groups is 1. The van der Waals surface area contributed by atoms with Crippen molar-refractivity contribution in [2.24, 2.45) is 10.7 Å². The van der Waals surface area contributed by atoms with E-state index in [1.807, 2.05) is 0 Å². The lowest BCUT2D eigenvalue weighted by Gasteiger charge is -1.93. The molecular formula is C6H13N2O2S-. The number of nitrogens with zero attached hydrogens (tertiary/aromatic N) is 1. The Hall–Kier alpha value is -0.680. The Morgan fingerprint density at radius 3 is 2.27 bits per heavy atom. The summed E-state index contributed by atoms with van der Waals surface area (Å²) < 4.78 is 18.7. The normalized spacial score (nSPS) is 13.0. The maximum Gasteiger partial charge on any atom is 0.0277 e. The van der Waals surface area contributed by atoms with Gasteiger partial charge in [-0.05, 0) is 12.3 Å². The van der Waals surface area contributed by atoms with Crippen molar-refractivity contribution in [2.75, 3.05) is 12.8 Å². The van der Waals surface area contributed by atoms with Crippen LogP contribution in [0.3, 0.4) is 0 Å². The van der Waals surface area contributed by atoms with Crippen molar-refractivity contribution in [3.05, 3.63) is 12.3 Å². The summed E-state index contributed by atoms with van der Waals surface area (Å²) in [5.74, 6) is 0.222. The van der Waals surface area contributed by atoms with Gasteiger partial charge in [-0.1, -0.05) is 18.0 Å². The first-order valence-corrected chi connectivity index (χ1v) is 4.28. The van der Waals surface area contributed by atoms with Crippen molar-refractivity contribution in [1.82, 2.24) is 0 Å². The lowest BCUT2D eigenvalue weighted by molar-refractivity contribution is 0.538. The molecule has 0 aliphatic rings. The van der Waals surface area contributed by atoms with Crippen LogP contribution in [0.5, 0.6) is 0 Å². The Balaban J connectivity index is 0. The van der Waals surface area contributed by atoms with Crippen LogP contribution in [0.15, 0.2) is 17.3 Å². The van der Waals surface area contributed by atoms with Crippen LogP contribution in [0.1, 0.15) is 6.92 Å². The van der Waals surface area contributed by atoms with Gasteiger partial charge in [-0.2, -0.15) is 0 Å². The summed E-state index contributed by atoms with van der Waals surface area (Å²) in [7, 11) is 1.69. The van der Waals surface area contributed by atoms with E-state index in [2.05, 4.69) is 4.99 Å². The first kappa shape index (κ1) is 12.9. The zero-order valence-electron chi connectivity index (χ0n) is 6.69. The minimum absolute atomic E-state index is 0.222. The molecule has 0 aliphatic heterocycles. The molecule has 0 aromatic rings. The Morgan fingerprint density at radius 2 is 2.18 bits per heavy atom. The van der Waals surface area contributed by atoms with E-state index in [9.17, 15) is 8.76 Å². The second kappa shape index (κ2) is 12.0. The Labute approximate surface area is 69.5 Å². The number of allylic oxidation sites excluding steroid dienone is 1. The van der Waals surface area contributed by atoms with Crippen LogP contribution in [0.2, 0.25) is 0 Å². The van der Waals surface area contributed by atoms with Crippen LogP contribution >= 0.6 is 0 Å². The van der Waals surface area contributed by atoms with Crippen LogP contribution in [0.4, 0.5) is 0 Å². The molecule has 0 bridgehead atoms. The summed E-state index contributed by atoms with van der Waals surface area (Å²) in [4.78, 5) is 3.63. The maximum absolute atomic E-state index is 9.37. The summed E-state index contributed by atoms with van der Waals surface area (Å²) in [5.41, 5.74) is 4.94. The topological polar surface area (TPSA) is 78.5 Å². The predicted molar refractivity (Wildman–Crippen MR) is 47.2 cm³/mol. The molecule has 0 aliphatic carbocycles. The van der Waals surface area contributed by atoms with Gasteiger partial charge in [0.1, 0.15) is 0 Å². The van der Waals surface area contributed by atoms with Crippen LogP contribution in [-0.4, -0.2) is 27.8 Å². The molecule has 11 heavy (non-hydrogen) atoms. The van der Waals surface area contributed by atoms with Gasteiger partial charge in [0, 0.05) is 19.0 Å². The zero-order valence-corrected chi connectivity index (χ0v) is 7.50. The van der Waals surface area contributed by atoms with E-state index in [1.54, 1.807) is 26.3 Å². The van der Waals surface area contributed by atoms with Crippen LogP contribution in [0, 0.1) is 0 Å². The molecule has 66 valence electrons. The summed E-state index contributed by atoms with van der Waals surface area (Å²) in [6.45, 7) is 1.59. The van der Waals surface area contributed by atoms with Crippen LogP contribution in [0.25, 0.3) is 0 Å². The number of rotatable bonds is 2. The van der Waals surface area contributed by atoms with Gasteiger partial charge in [-0.15, -0.1) is 0 Å². The highest BCUT2D eigenvalue weighted by Gasteiger charge is 1.62. The second-order valence-corrected chi connectivity index (χ2v) is 2.57. The summed E-state index contributed by atoms with van der Waals surface area (Å²) >= 11 is -1.82. The Morgan fingerprint density at radius 1 is 1.73 bits per heavy atom. The molecular weight excluding hydrogens is 164 g/mol. The molecule has 0 fully saturated rings. The summed E-state index contributed by atoms with van der Waals surface area (Å²) in [6.07, 6.45) is 4.73. The molecule has 5 heteroatoms. The Bertz CT molecular complexity index is 136. The molecule has 0 aromatic carbocycles. The molecule has 0 saturated heterocycles. The number of hydrogen-bond acceptors (Lipinski definition) is 4. The van der Waals surface area contributed by atoms with E-state index in [0.717, 1.165) is 0 Å². The van der Waals surface area contributed by atoms with Crippen molar-refractivity contribution in [2.45, 2.75) is 6.92 Å². The van der Waals surface area contributed by atoms with Crippen molar-refractivity contribution in [1.29, 1.82) is 0 Å². The molecule has 0 saturated carbocycles. The van der Waals surface area contributed by atoms with E-state index < -0.39 is 11.1 Å². The van der Waals surface area contributed by atoms with E-state index in [0.29, 0.717) is 0 Å². The van der Waals surface area contributed by atoms with E-state index in [1.165, 1.54) is 6.20 Å². The molecule has 0 aromatic heterocycles. The molecule has 0 heterocycles. The van der Waals surface area contributed by atoms with Crippen LogP contribution < -0.4 is 5.73 Å². The summed E-state index contributed by atoms with van der Waals surface area (Å²) in [6, 6.07) is 0. The quantitative estimate of drug-likeness (QED) is 0.478. The van der Waals surface area contributed by atoms with E-state index >= 15 is 0 Å². The van der Waals surface area contributed by atoms with E-state index in [4.69, 9.17) is 5.73 Å². The highest BCUT2D eigenvalue weighted by Crippen LogP contribution is 1.63. The first-order chi connectivity index (χ1) is 5.18. The van der Waals surface area contributed by atoms with Crippen molar-refractivity contribution in [3.8, 4) is 0 Å². The van der Waals surface area contributed by atoms with Gasteiger partial charge in [0.15, 0.2) is 0 Å². The third-order valence-corrected chi connectivity index (χ3v) is 1.05. The molecule has 0 rings (SSSR count). The standard InChI is InChI=1S/C4H8N2.C2H6O2S/c1-6-4-2-3-5;1-2-5(3)4/h2-4H,5H2,1H3;2H2,1H3,(H,3,4)/p-1/b3-2-,6-4?;. The SMILES string of the molecule is CCS(=O)[O-].CN=C/C=C\N. The van der Waals surface area contributed by atoms with E-state index in [-0.39, 0.29) is 5.75 Å². The summed E-state index contributed by atoms with van der Waals surface area (Å²) in [5, 5.41) is 0. The lowest BCUT2D eigenvalue weighted by Crippen LogP contribution is -1.85. The largest absolute Gasteiger partial charge is 0.772 e. The fraction of sp³-hybridized carbons (Fsp3) is 0.500. The average molecular weight is 177 g/mol. The smallest absolute Gasteiger partial charge is 0.0277 e.